The van der Waals surface area contributed by atoms with Crippen LogP contribution in [0.3, 0.4) is 0 Å². The lowest BCUT2D eigenvalue weighted by Crippen LogP contribution is -2.12. The minimum absolute atomic E-state index is 0.417. The van der Waals surface area contributed by atoms with Gasteiger partial charge in [-0.25, -0.2) is 0 Å². The zero-order chi connectivity index (χ0) is 10.8. The van der Waals surface area contributed by atoms with Gasteiger partial charge in [-0.3, -0.25) is 0 Å². The van der Waals surface area contributed by atoms with Crippen LogP contribution in [0.4, 0.5) is 0 Å². The Morgan fingerprint density at radius 3 is 2.60 bits per heavy atom. The summed E-state index contributed by atoms with van der Waals surface area (Å²) in [7, 11) is 0. The van der Waals surface area contributed by atoms with E-state index in [4.69, 9.17) is 11.6 Å². The fourth-order valence-electron chi connectivity index (χ4n) is 2.46. The predicted octanol–water partition coefficient (Wildman–Crippen LogP) is 4.51. The molecule has 0 radical (unpaired) electrons. The first kappa shape index (κ1) is 11.5. The van der Waals surface area contributed by atoms with Gasteiger partial charge in [0, 0.05) is 15.1 Å². The molecule has 1 saturated carbocycles. The highest BCUT2D eigenvalue weighted by Crippen LogP contribution is 2.38. The van der Waals surface area contributed by atoms with Gasteiger partial charge >= 0.3 is 0 Å². The van der Waals surface area contributed by atoms with Crippen LogP contribution in [0.25, 0.3) is 0 Å². The van der Waals surface area contributed by atoms with Crippen LogP contribution in [0.2, 0.25) is 0 Å². The minimum Gasteiger partial charge on any atom is -0.145 e. The Morgan fingerprint density at radius 1 is 1.33 bits per heavy atom. The van der Waals surface area contributed by atoms with Crippen molar-refractivity contribution in [3.63, 3.8) is 0 Å². The van der Waals surface area contributed by atoms with Gasteiger partial charge in [-0.1, -0.05) is 13.8 Å². The van der Waals surface area contributed by atoms with Crippen molar-refractivity contribution in [2.45, 2.75) is 44.9 Å². The quantitative estimate of drug-likeness (QED) is 0.685. The molecule has 0 spiro atoms. The van der Waals surface area contributed by atoms with Crippen LogP contribution < -0.4 is 0 Å². The fourth-order valence-corrected chi connectivity index (χ4v) is 3.85. The molecular formula is C13H19ClS. The molecule has 0 aliphatic heterocycles. The van der Waals surface area contributed by atoms with Crippen molar-refractivity contribution in [3.05, 3.63) is 21.9 Å². The van der Waals surface area contributed by atoms with Crippen LogP contribution in [-0.2, 0) is 12.8 Å². The second-order valence-electron chi connectivity index (χ2n) is 4.64. The van der Waals surface area contributed by atoms with E-state index in [2.05, 4.69) is 26.0 Å². The van der Waals surface area contributed by atoms with Crippen LogP contribution >= 0.6 is 22.9 Å². The average molecular weight is 243 g/mol. The summed E-state index contributed by atoms with van der Waals surface area (Å²) < 4.78 is 0. The van der Waals surface area contributed by atoms with Crippen LogP contribution in [-0.4, -0.2) is 5.38 Å². The van der Waals surface area contributed by atoms with E-state index in [0.29, 0.717) is 11.3 Å². The number of hydrogen-bond acceptors (Lipinski definition) is 1. The van der Waals surface area contributed by atoms with Crippen molar-refractivity contribution >= 4 is 22.9 Å². The zero-order valence-corrected chi connectivity index (χ0v) is 11.1. The monoisotopic (exact) mass is 242 g/mol. The average Bonchev–Trinajstić information content (AvgIpc) is 2.80. The number of hydrogen-bond donors (Lipinski definition) is 0. The molecule has 1 aromatic rings. The lowest BCUT2D eigenvalue weighted by atomic mass is 9.94. The molecule has 84 valence electrons. The van der Waals surface area contributed by atoms with Gasteiger partial charge in [0.1, 0.15) is 0 Å². The molecule has 1 heterocycles. The van der Waals surface area contributed by atoms with E-state index in [1.807, 2.05) is 11.3 Å². The van der Waals surface area contributed by atoms with Crippen LogP contribution in [0, 0.1) is 11.8 Å². The first-order chi connectivity index (χ1) is 7.20. The van der Waals surface area contributed by atoms with Crippen molar-refractivity contribution in [1.82, 2.24) is 0 Å². The molecule has 0 bridgehead atoms. The molecule has 0 N–H and O–H groups in total. The van der Waals surface area contributed by atoms with Gasteiger partial charge in [-0.15, -0.1) is 22.9 Å². The molecule has 0 nitrogen and oxygen atoms in total. The van der Waals surface area contributed by atoms with E-state index in [0.717, 1.165) is 5.92 Å². The number of aryl methyl sites for hydroxylation is 1. The third-order valence-corrected chi connectivity index (χ3v) is 5.52. The highest BCUT2D eigenvalue weighted by molar-refractivity contribution is 7.11. The summed E-state index contributed by atoms with van der Waals surface area (Å²) in [5.41, 5.74) is 0. The van der Waals surface area contributed by atoms with Gasteiger partial charge in [0.2, 0.25) is 0 Å². The summed E-state index contributed by atoms with van der Waals surface area (Å²) in [6, 6.07) is 4.58. The van der Waals surface area contributed by atoms with Crippen LogP contribution in [0.5, 0.6) is 0 Å². The maximum absolute atomic E-state index is 6.26. The van der Waals surface area contributed by atoms with Gasteiger partial charge in [0.05, 0.1) is 0 Å². The molecule has 2 heteroatoms. The van der Waals surface area contributed by atoms with E-state index >= 15 is 0 Å². The molecule has 1 aliphatic rings. The van der Waals surface area contributed by atoms with E-state index in [1.165, 1.54) is 30.6 Å². The molecule has 1 aliphatic carbocycles. The van der Waals surface area contributed by atoms with Crippen molar-refractivity contribution in [3.8, 4) is 0 Å². The maximum Gasteiger partial charge on any atom is 0.0364 e. The van der Waals surface area contributed by atoms with Crippen molar-refractivity contribution in [1.29, 1.82) is 0 Å². The second-order valence-corrected chi connectivity index (χ2v) is 6.45. The maximum atomic E-state index is 6.26. The molecule has 1 fully saturated rings. The Hall–Kier alpha value is -0.0100. The standard InChI is InChI=1S/C13H19ClS/c1-3-11-5-6-12(15-11)8-10-4-7-13(14)9(10)2/h5-6,9-10,13H,3-4,7-8H2,1-2H3. The van der Waals surface area contributed by atoms with Crippen molar-refractivity contribution in [2.24, 2.45) is 11.8 Å². The Morgan fingerprint density at radius 2 is 2.07 bits per heavy atom. The highest BCUT2D eigenvalue weighted by Gasteiger charge is 2.31. The third kappa shape index (κ3) is 2.57. The van der Waals surface area contributed by atoms with Crippen LogP contribution in [0.1, 0.15) is 36.4 Å². The highest BCUT2D eigenvalue weighted by atomic mass is 35.5. The first-order valence-electron chi connectivity index (χ1n) is 5.92. The van der Waals surface area contributed by atoms with Gasteiger partial charge in [0.15, 0.2) is 0 Å². The normalized spacial score (nSPS) is 31.0. The second kappa shape index (κ2) is 4.88. The number of alkyl halides is 1. The lowest BCUT2D eigenvalue weighted by Gasteiger charge is -2.15. The summed E-state index contributed by atoms with van der Waals surface area (Å²) in [4.78, 5) is 3.06. The first-order valence-corrected chi connectivity index (χ1v) is 7.17. The molecule has 3 atom stereocenters. The number of thiophene rings is 1. The SMILES string of the molecule is CCc1ccc(CC2CCC(Cl)C2C)s1. The Labute approximate surface area is 102 Å². The summed E-state index contributed by atoms with van der Waals surface area (Å²) in [5, 5.41) is 0.417. The topological polar surface area (TPSA) is 0 Å². The molecule has 15 heavy (non-hydrogen) atoms. The van der Waals surface area contributed by atoms with E-state index < -0.39 is 0 Å². The van der Waals surface area contributed by atoms with Crippen LogP contribution in [0.15, 0.2) is 12.1 Å². The Bertz CT molecular complexity index is 318. The lowest BCUT2D eigenvalue weighted by molar-refractivity contribution is 0.422. The number of rotatable bonds is 3. The summed E-state index contributed by atoms with van der Waals surface area (Å²) in [5.74, 6) is 1.51. The third-order valence-electron chi connectivity index (χ3n) is 3.66. The number of halogens is 1. The Balaban J connectivity index is 1.97. The smallest absolute Gasteiger partial charge is 0.0364 e. The summed E-state index contributed by atoms with van der Waals surface area (Å²) in [6.45, 7) is 4.53. The van der Waals surface area contributed by atoms with E-state index in [-0.39, 0.29) is 0 Å². The molecule has 1 aromatic heterocycles. The van der Waals surface area contributed by atoms with Gasteiger partial charge in [-0.2, -0.15) is 0 Å². The fraction of sp³-hybridized carbons (Fsp3) is 0.692. The molecular weight excluding hydrogens is 224 g/mol. The Kier molecular flexibility index (Phi) is 3.73. The summed E-state index contributed by atoms with van der Waals surface area (Å²) in [6.07, 6.45) is 4.94. The molecule has 0 amide bonds. The molecule has 2 rings (SSSR count). The van der Waals surface area contributed by atoms with Crippen molar-refractivity contribution in [2.75, 3.05) is 0 Å². The summed E-state index contributed by atoms with van der Waals surface area (Å²) >= 11 is 8.24. The van der Waals surface area contributed by atoms with E-state index in [9.17, 15) is 0 Å². The van der Waals surface area contributed by atoms with Gasteiger partial charge in [0.25, 0.3) is 0 Å². The van der Waals surface area contributed by atoms with Gasteiger partial charge < -0.3 is 0 Å². The van der Waals surface area contributed by atoms with Gasteiger partial charge in [-0.05, 0) is 49.7 Å². The molecule has 0 saturated heterocycles. The zero-order valence-electron chi connectivity index (χ0n) is 9.50. The van der Waals surface area contributed by atoms with E-state index in [1.54, 1.807) is 4.88 Å². The predicted molar refractivity (Wildman–Crippen MR) is 68.9 cm³/mol. The molecule has 3 unspecified atom stereocenters. The van der Waals surface area contributed by atoms with Crippen molar-refractivity contribution < 1.29 is 0 Å². The minimum atomic E-state index is 0.417. The molecule has 0 aromatic carbocycles. The largest absolute Gasteiger partial charge is 0.145 e.